The number of thiophene rings is 1. The standard InChI is InChI=1S/C16H20N2O3S.ClH/c1-20-8-7-18-16(19)15-14(12-10-17-6-9-21-12)11-4-2-3-5-13(11)22-15;/h2-5,12,17H,6-10H2,1H3,(H,18,19);1H. The number of hydrogen-bond acceptors (Lipinski definition) is 5. The number of nitrogens with one attached hydrogen (secondary N) is 2. The van der Waals surface area contributed by atoms with Gasteiger partial charge >= 0.3 is 0 Å². The summed E-state index contributed by atoms with van der Waals surface area (Å²) in [5.41, 5.74) is 1.00. The van der Waals surface area contributed by atoms with Gasteiger partial charge in [0.25, 0.3) is 5.91 Å². The molecule has 0 spiro atoms. The first-order valence-electron chi connectivity index (χ1n) is 7.42. The second-order valence-corrected chi connectivity index (χ2v) is 6.21. The van der Waals surface area contributed by atoms with Crippen LogP contribution >= 0.6 is 23.7 Å². The van der Waals surface area contributed by atoms with Crippen molar-refractivity contribution in [3.63, 3.8) is 0 Å². The molecule has 1 atom stereocenters. The molecule has 0 aliphatic carbocycles. The zero-order chi connectivity index (χ0) is 15.4. The van der Waals surface area contributed by atoms with Gasteiger partial charge in [-0.3, -0.25) is 4.79 Å². The van der Waals surface area contributed by atoms with Crippen LogP contribution in [0.5, 0.6) is 0 Å². The van der Waals surface area contributed by atoms with E-state index in [0.717, 1.165) is 33.6 Å². The number of rotatable bonds is 5. The highest BCUT2D eigenvalue weighted by atomic mass is 35.5. The molecule has 23 heavy (non-hydrogen) atoms. The molecule has 2 heterocycles. The Kier molecular flexibility index (Phi) is 6.80. The summed E-state index contributed by atoms with van der Waals surface area (Å²) in [5, 5.41) is 7.35. The van der Waals surface area contributed by atoms with E-state index in [1.807, 2.05) is 18.2 Å². The number of amides is 1. The summed E-state index contributed by atoms with van der Waals surface area (Å²) in [4.78, 5) is 13.3. The second-order valence-electron chi connectivity index (χ2n) is 5.15. The van der Waals surface area contributed by atoms with E-state index in [9.17, 15) is 4.79 Å². The summed E-state index contributed by atoms with van der Waals surface area (Å²) in [6.07, 6.45) is -0.0759. The third kappa shape index (κ3) is 4.02. The number of hydrogen-bond donors (Lipinski definition) is 2. The number of carbonyl (C=O) groups is 1. The van der Waals surface area contributed by atoms with Crippen LogP contribution in [0.25, 0.3) is 10.1 Å². The molecule has 0 saturated carbocycles. The van der Waals surface area contributed by atoms with E-state index >= 15 is 0 Å². The molecule has 126 valence electrons. The fourth-order valence-corrected chi connectivity index (χ4v) is 3.82. The molecular formula is C16H21ClN2O3S. The molecule has 0 bridgehead atoms. The predicted molar refractivity (Wildman–Crippen MR) is 94.8 cm³/mol. The number of fused-ring (bicyclic) bond motifs is 1. The molecule has 1 unspecified atom stereocenters. The molecule has 2 aromatic rings. The number of methoxy groups -OCH3 is 1. The molecule has 1 aromatic carbocycles. The van der Waals surface area contributed by atoms with Gasteiger partial charge < -0.3 is 20.1 Å². The number of morpholine rings is 1. The van der Waals surface area contributed by atoms with Crippen molar-refractivity contribution in [3.8, 4) is 0 Å². The maximum atomic E-state index is 12.5. The Morgan fingerprint density at radius 1 is 1.48 bits per heavy atom. The highest BCUT2D eigenvalue weighted by Gasteiger charge is 2.26. The summed E-state index contributed by atoms with van der Waals surface area (Å²) < 4.78 is 12.0. The van der Waals surface area contributed by atoms with Gasteiger partial charge in [0.2, 0.25) is 0 Å². The number of halogens is 1. The first-order chi connectivity index (χ1) is 10.8. The van der Waals surface area contributed by atoms with Gasteiger partial charge in [-0.1, -0.05) is 18.2 Å². The smallest absolute Gasteiger partial charge is 0.261 e. The van der Waals surface area contributed by atoms with Crippen molar-refractivity contribution in [3.05, 3.63) is 34.7 Å². The van der Waals surface area contributed by atoms with Gasteiger partial charge in [-0.2, -0.15) is 0 Å². The van der Waals surface area contributed by atoms with Gasteiger partial charge in [-0.25, -0.2) is 0 Å². The van der Waals surface area contributed by atoms with Crippen LogP contribution in [-0.2, 0) is 9.47 Å². The normalized spacial score (nSPS) is 17.7. The van der Waals surface area contributed by atoms with Crippen LogP contribution in [0.15, 0.2) is 24.3 Å². The van der Waals surface area contributed by atoms with Gasteiger partial charge in [0.1, 0.15) is 0 Å². The fraction of sp³-hybridized carbons (Fsp3) is 0.438. The second kappa shape index (κ2) is 8.61. The Labute approximate surface area is 145 Å². The van der Waals surface area contributed by atoms with Crippen molar-refractivity contribution < 1.29 is 14.3 Å². The number of ether oxygens (including phenoxy) is 2. The maximum absolute atomic E-state index is 12.5. The minimum absolute atomic E-state index is 0. The minimum Gasteiger partial charge on any atom is -0.383 e. The molecule has 1 fully saturated rings. The molecule has 1 saturated heterocycles. The molecule has 1 amide bonds. The Morgan fingerprint density at radius 3 is 3.04 bits per heavy atom. The van der Waals surface area contributed by atoms with Crippen molar-refractivity contribution >= 4 is 39.7 Å². The highest BCUT2D eigenvalue weighted by molar-refractivity contribution is 7.21. The van der Waals surface area contributed by atoms with E-state index in [0.29, 0.717) is 19.8 Å². The van der Waals surface area contributed by atoms with Crippen LogP contribution in [0.3, 0.4) is 0 Å². The Bertz CT molecular complexity index is 656. The van der Waals surface area contributed by atoms with E-state index in [4.69, 9.17) is 9.47 Å². The fourth-order valence-electron chi connectivity index (χ4n) is 2.65. The molecule has 5 nitrogen and oxygen atoms in total. The summed E-state index contributed by atoms with van der Waals surface area (Å²) in [5.74, 6) is -0.0533. The van der Waals surface area contributed by atoms with Gasteiger partial charge in [0.05, 0.1) is 24.2 Å². The lowest BCUT2D eigenvalue weighted by Gasteiger charge is -2.24. The zero-order valence-electron chi connectivity index (χ0n) is 13.0. The Hall–Kier alpha value is -1.18. The van der Waals surface area contributed by atoms with E-state index in [1.54, 1.807) is 7.11 Å². The van der Waals surface area contributed by atoms with Crippen LogP contribution in [0.4, 0.5) is 0 Å². The zero-order valence-corrected chi connectivity index (χ0v) is 14.6. The predicted octanol–water partition coefficient (Wildman–Crippen LogP) is 2.36. The molecule has 1 aliphatic rings. The lowest BCUT2D eigenvalue weighted by Crippen LogP contribution is -2.34. The van der Waals surface area contributed by atoms with Crippen molar-refractivity contribution in [1.29, 1.82) is 0 Å². The number of carbonyl (C=O) groups excluding carboxylic acids is 1. The van der Waals surface area contributed by atoms with Crippen LogP contribution in [0.2, 0.25) is 0 Å². The minimum atomic E-state index is -0.0759. The van der Waals surface area contributed by atoms with E-state index in [2.05, 4.69) is 16.7 Å². The third-order valence-corrected chi connectivity index (χ3v) is 4.87. The third-order valence-electron chi connectivity index (χ3n) is 3.68. The molecule has 0 radical (unpaired) electrons. The topological polar surface area (TPSA) is 59.6 Å². The molecule has 7 heteroatoms. The molecule has 1 aromatic heterocycles. The summed E-state index contributed by atoms with van der Waals surface area (Å²) in [7, 11) is 1.62. The lowest BCUT2D eigenvalue weighted by molar-refractivity contribution is 0.0282. The van der Waals surface area contributed by atoms with E-state index in [1.165, 1.54) is 11.3 Å². The summed E-state index contributed by atoms with van der Waals surface area (Å²) >= 11 is 1.52. The molecule has 2 N–H and O–H groups in total. The first-order valence-corrected chi connectivity index (χ1v) is 8.24. The van der Waals surface area contributed by atoms with Crippen LogP contribution in [0, 0.1) is 0 Å². The van der Waals surface area contributed by atoms with Gasteiger partial charge in [-0.05, 0) is 11.5 Å². The van der Waals surface area contributed by atoms with Gasteiger partial charge in [0, 0.05) is 37.0 Å². The van der Waals surface area contributed by atoms with Crippen LogP contribution in [0.1, 0.15) is 21.3 Å². The molecule has 1 aliphatic heterocycles. The number of benzene rings is 1. The first kappa shape index (κ1) is 18.2. The Morgan fingerprint density at radius 2 is 2.30 bits per heavy atom. The monoisotopic (exact) mass is 356 g/mol. The average Bonchev–Trinajstić information content (AvgIpc) is 2.95. The SMILES string of the molecule is COCCNC(=O)c1sc2ccccc2c1C1CNCCO1.Cl. The van der Waals surface area contributed by atoms with Crippen molar-refractivity contribution in [2.75, 3.05) is 40.0 Å². The van der Waals surface area contributed by atoms with Crippen molar-refractivity contribution in [2.45, 2.75) is 6.10 Å². The summed E-state index contributed by atoms with van der Waals surface area (Å²) in [6, 6.07) is 8.10. The van der Waals surface area contributed by atoms with Crippen LogP contribution in [-0.4, -0.2) is 45.9 Å². The average molecular weight is 357 g/mol. The highest BCUT2D eigenvalue weighted by Crippen LogP contribution is 2.37. The van der Waals surface area contributed by atoms with Crippen molar-refractivity contribution in [2.24, 2.45) is 0 Å². The molecular weight excluding hydrogens is 336 g/mol. The van der Waals surface area contributed by atoms with Crippen molar-refractivity contribution in [1.82, 2.24) is 10.6 Å². The van der Waals surface area contributed by atoms with Gasteiger partial charge in [-0.15, -0.1) is 23.7 Å². The van der Waals surface area contributed by atoms with Crippen LogP contribution < -0.4 is 10.6 Å². The largest absolute Gasteiger partial charge is 0.383 e. The van der Waals surface area contributed by atoms with E-state index in [-0.39, 0.29) is 24.4 Å². The quantitative estimate of drug-likeness (QED) is 0.807. The maximum Gasteiger partial charge on any atom is 0.261 e. The Balaban J connectivity index is 0.00000192. The van der Waals surface area contributed by atoms with E-state index < -0.39 is 0 Å². The molecule has 3 rings (SSSR count). The summed E-state index contributed by atoms with van der Waals surface area (Å²) in [6.45, 7) is 3.27. The lowest BCUT2D eigenvalue weighted by atomic mass is 10.0. The van der Waals surface area contributed by atoms with Gasteiger partial charge in [0.15, 0.2) is 0 Å².